The molecule has 1 aliphatic heterocycles. The molecule has 0 unspecified atom stereocenters. The Morgan fingerprint density at radius 1 is 1.29 bits per heavy atom. The molecule has 5 nitrogen and oxygen atoms in total. The van der Waals surface area contributed by atoms with Gasteiger partial charge in [0.05, 0.1) is 5.69 Å². The fourth-order valence-corrected chi connectivity index (χ4v) is 2.31. The molecule has 0 aliphatic carbocycles. The summed E-state index contributed by atoms with van der Waals surface area (Å²) in [6.45, 7) is 5.77. The molecule has 0 bridgehead atoms. The van der Waals surface area contributed by atoms with Gasteiger partial charge in [0.15, 0.2) is 0 Å². The normalized spacial score (nSPS) is 13.2. The topological polar surface area (TPSA) is 66.9 Å². The van der Waals surface area contributed by atoms with E-state index in [2.05, 4.69) is 34.4 Å². The Kier molecular flexibility index (Phi) is 3.56. The number of carbonyl (C=O) groups is 1. The third-order valence-corrected chi connectivity index (χ3v) is 3.44. The van der Waals surface area contributed by atoms with Crippen LogP contribution in [0.2, 0.25) is 0 Å². The van der Waals surface area contributed by atoms with Crippen LogP contribution in [-0.4, -0.2) is 22.4 Å². The van der Waals surface area contributed by atoms with E-state index < -0.39 is 0 Å². The molecule has 0 radical (unpaired) electrons. The molecule has 0 atom stereocenters. The zero-order valence-electron chi connectivity index (χ0n) is 12.2. The third kappa shape index (κ3) is 2.86. The molecule has 21 heavy (non-hydrogen) atoms. The summed E-state index contributed by atoms with van der Waals surface area (Å²) in [5, 5.41) is 6.12. The summed E-state index contributed by atoms with van der Waals surface area (Å²) in [5.41, 5.74) is 3.64. The van der Waals surface area contributed by atoms with Crippen LogP contribution in [0.1, 0.15) is 29.8 Å². The molecule has 2 N–H and O–H groups in total. The lowest BCUT2D eigenvalue weighted by Crippen LogP contribution is -2.12. The minimum atomic E-state index is -0.00136. The maximum atomic E-state index is 11.6. The lowest BCUT2D eigenvalue weighted by atomic mass is 10.0. The van der Waals surface area contributed by atoms with Crippen LogP contribution >= 0.6 is 0 Å². The van der Waals surface area contributed by atoms with Gasteiger partial charge in [-0.05, 0) is 23.6 Å². The highest BCUT2D eigenvalue weighted by atomic mass is 16.1. The fraction of sp³-hybridized carbons (Fsp3) is 0.312. The lowest BCUT2D eigenvalue weighted by molar-refractivity contribution is 0.0966. The van der Waals surface area contributed by atoms with Gasteiger partial charge in [-0.2, -0.15) is 0 Å². The van der Waals surface area contributed by atoms with Gasteiger partial charge >= 0.3 is 0 Å². The summed E-state index contributed by atoms with van der Waals surface area (Å²) in [6, 6.07) is 7.74. The zero-order chi connectivity index (χ0) is 14.8. The van der Waals surface area contributed by atoms with E-state index >= 15 is 0 Å². The van der Waals surface area contributed by atoms with Gasteiger partial charge in [0.25, 0.3) is 5.91 Å². The van der Waals surface area contributed by atoms with Crippen LogP contribution < -0.4 is 10.6 Å². The molecule has 1 amide bonds. The second-order valence-corrected chi connectivity index (χ2v) is 5.62. The van der Waals surface area contributed by atoms with E-state index in [1.165, 1.54) is 0 Å². The van der Waals surface area contributed by atoms with E-state index in [1.807, 2.05) is 24.3 Å². The molecule has 5 heteroatoms. The molecule has 1 aliphatic rings. The average Bonchev–Trinajstić information content (AvgIpc) is 2.86. The molecular weight excluding hydrogens is 264 g/mol. The van der Waals surface area contributed by atoms with E-state index in [0.717, 1.165) is 34.7 Å². The van der Waals surface area contributed by atoms with Gasteiger partial charge in [-0.3, -0.25) is 4.79 Å². The maximum Gasteiger partial charge on any atom is 0.251 e. The van der Waals surface area contributed by atoms with Crippen molar-refractivity contribution in [1.82, 2.24) is 15.3 Å². The summed E-state index contributed by atoms with van der Waals surface area (Å²) < 4.78 is 0. The summed E-state index contributed by atoms with van der Waals surface area (Å²) in [5.74, 6) is 1.38. The molecular formula is C16H18N4O. The van der Waals surface area contributed by atoms with Crippen molar-refractivity contribution in [3.05, 3.63) is 41.7 Å². The zero-order valence-corrected chi connectivity index (χ0v) is 12.2. The highest BCUT2D eigenvalue weighted by Crippen LogP contribution is 2.24. The Hall–Kier alpha value is -2.43. The van der Waals surface area contributed by atoms with Crippen molar-refractivity contribution in [3.8, 4) is 11.3 Å². The van der Waals surface area contributed by atoms with E-state index in [0.29, 0.717) is 12.5 Å². The van der Waals surface area contributed by atoms with Crippen LogP contribution in [0, 0.1) is 5.92 Å². The Morgan fingerprint density at radius 2 is 2.14 bits per heavy atom. The van der Waals surface area contributed by atoms with E-state index in [-0.39, 0.29) is 5.91 Å². The minimum absolute atomic E-state index is 0.00136. The third-order valence-electron chi connectivity index (χ3n) is 3.44. The number of amides is 1. The molecule has 0 saturated carbocycles. The Bertz CT molecular complexity index is 682. The second kappa shape index (κ2) is 5.52. The number of rotatable bonds is 4. The molecule has 108 valence electrons. The average molecular weight is 282 g/mol. The number of carbonyl (C=O) groups excluding carboxylic acids is 1. The van der Waals surface area contributed by atoms with Gasteiger partial charge in [0.2, 0.25) is 0 Å². The molecule has 1 aromatic carbocycles. The van der Waals surface area contributed by atoms with Crippen LogP contribution in [0.3, 0.4) is 0 Å². The number of aromatic nitrogens is 2. The maximum absolute atomic E-state index is 11.6. The summed E-state index contributed by atoms with van der Waals surface area (Å²) >= 11 is 0. The first-order valence-corrected chi connectivity index (χ1v) is 7.11. The molecule has 0 spiro atoms. The predicted octanol–water partition coefficient (Wildman–Crippen LogP) is 2.45. The first kappa shape index (κ1) is 13.5. The van der Waals surface area contributed by atoms with Crippen LogP contribution in [0.25, 0.3) is 11.3 Å². The van der Waals surface area contributed by atoms with Crippen molar-refractivity contribution < 1.29 is 4.79 Å². The van der Waals surface area contributed by atoms with Gasteiger partial charge in [0, 0.05) is 30.3 Å². The van der Waals surface area contributed by atoms with E-state index in [4.69, 9.17) is 0 Å². The van der Waals surface area contributed by atoms with Crippen LogP contribution in [0.4, 0.5) is 5.82 Å². The summed E-state index contributed by atoms with van der Waals surface area (Å²) in [6.07, 6.45) is 1.56. The highest BCUT2D eigenvalue weighted by Gasteiger charge is 2.19. The first-order valence-electron chi connectivity index (χ1n) is 7.11. The number of nitrogens with one attached hydrogen (secondary N) is 2. The Labute approximate surface area is 123 Å². The smallest absolute Gasteiger partial charge is 0.251 e. The molecule has 2 aromatic rings. The van der Waals surface area contributed by atoms with Crippen molar-refractivity contribution in [2.45, 2.75) is 20.4 Å². The number of anilines is 1. The number of fused-ring (bicyclic) bond motifs is 1. The largest absolute Gasteiger partial charge is 0.370 e. The number of hydrogen-bond donors (Lipinski definition) is 2. The summed E-state index contributed by atoms with van der Waals surface area (Å²) in [4.78, 5) is 20.1. The van der Waals surface area contributed by atoms with Gasteiger partial charge in [0.1, 0.15) is 12.1 Å². The van der Waals surface area contributed by atoms with Crippen LogP contribution in [-0.2, 0) is 6.54 Å². The van der Waals surface area contributed by atoms with Crippen LogP contribution in [0.15, 0.2) is 30.6 Å². The Balaban J connectivity index is 1.87. The number of hydrogen-bond acceptors (Lipinski definition) is 4. The lowest BCUT2D eigenvalue weighted by Gasteiger charge is -2.09. The number of benzene rings is 1. The summed E-state index contributed by atoms with van der Waals surface area (Å²) in [7, 11) is 0. The van der Waals surface area contributed by atoms with E-state index in [1.54, 1.807) is 6.33 Å². The monoisotopic (exact) mass is 282 g/mol. The standard InChI is InChI=1S/C16H18N4O/c1-10(2)7-17-15-6-14(19-9-20-15)11-3-4-13-12(5-11)8-18-16(13)21/h3-6,9-10H,7-8H2,1-2H3,(H,18,21)(H,17,19,20). The Morgan fingerprint density at radius 3 is 2.95 bits per heavy atom. The molecule has 2 heterocycles. The first-order chi connectivity index (χ1) is 10.1. The molecule has 1 aromatic heterocycles. The van der Waals surface area contributed by atoms with Gasteiger partial charge in [-0.15, -0.1) is 0 Å². The van der Waals surface area contributed by atoms with Crippen molar-refractivity contribution in [1.29, 1.82) is 0 Å². The molecule has 3 rings (SSSR count). The SMILES string of the molecule is CC(C)CNc1cc(-c2ccc3c(c2)CNC3=O)ncn1. The van der Waals surface area contributed by atoms with Gasteiger partial charge in [-0.25, -0.2) is 9.97 Å². The van der Waals surface area contributed by atoms with E-state index in [9.17, 15) is 4.79 Å². The van der Waals surface area contributed by atoms with Crippen molar-refractivity contribution >= 4 is 11.7 Å². The molecule has 0 saturated heterocycles. The van der Waals surface area contributed by atoms with Crippen molar-refractivity contribution in [3.63, 3.8) is 0 Å². The van der Waals surface area contributed by atoms with Gasteiger partial charge in [-0.1, -0.05) is 19.9 Å². The van der Waals surface area contributed by atoms with Crippen LogP contribution in [0.5, 0.6) is 0 Å². The second-order valence-electron chi connectivity index (χ2n) is 5.62. The predicted molar refractivity (Wildman–Crippen MR) is 82.0 cm³/mol. The van der Waals surface area contributed by atoms with Crippen molar-refractivity contribution in [2.24, 2.45) is 5.92 Å². The quantitative estimate of drug-likeness (QED) is 0.904. The highest BCUT2D eigenvalue weighted by molar-refractivity contribution is 5.98. The fourth-order valence-electron chi connectivity index (χ4n) is 2.31. The number of nitrogens with zero attached hydrogens (tertiary/aromatic N) is 2. The molecule has 0 fully saturated rings. The van der Waals surface area contributed by atoms with Gasteiger partial charge < -0.3 is 10.6 Å². The van der Waals surface area contributed by atoms with Crippen molar-refractivity contribution in [2.75, 3.05) is 11.9 Å². The minimum Gasteiger partial charge on any atom is -0.370 e.